The van der Waals surface area contributed by atoms with Crippen LogP contribution in [0, 0.1) is 0 Å². The van der Waals surface area contributed by atoms with Crippen LogP contribution in [0.1, 0.15) is 4.88 Å². The van der Waals surface area contributed by atoms with Crippen molar-refractivity contribution in [3.63, 3.8) is 0 Å². The molecule has 1 aliphatic heterocycles. The molecule has 0 radical (unpaired) electrons. The highest BCUT2D eigenvalue weighted by Crippen LogP contribution is 2.28. The topological polar surface area (TPSA) is 57.7 Å². The first-order valence-electron chi connectivity index (χ1n) is 7.63. The standard InChI is InChI=1S/C16H16Cl2N2O3S2/c17-12-3-4-14(18)15(10-12)25(22,23)20-7-5-19(6-8-20)16(21)11-13-2-1-9-24-13/h1-4,9-10H,5-8,11H2. The number of sulfonamides is 1. The summed E-state index contributed by atoms with van der Waals surface area (Å²) in [4.78, 5) is 15.0. The van der Waals surface area contributed by atoms with Gasteiger partial charge >= 0.3 is 0 Å². The Bertz CT molecular complexity index is 862. The molecule has 0 N–H and O–H groups in total. The van der Waals surface area contributed by atoms with Gasteiger partial charge in [-0.25, -0.2) is 8.42 Å². The molecule has 1 fully saturated rings. The third-order valence-corrected chi connectivity index (χ3v) is 7.50. The Morgan fingerprint density at radius 3 is 2.48 bits per heavy atom. The van der Waals surface area contributed by atoms with Crippen molar-refractivity contribution in [2.24, 2.45) is 0 Å². The van der Waals surface area contributed by atoms with Crippen molar-refractivity contribution in [1.82, 2.24) is 9.21 Å². The Kier molecular flexibility index (Phi) is 5.70. The Morgan fingerprint density at radius 1 is 1.12 bits per heavy atom. The van der Waals surface area contributed by atoms with Crippen molar-refractivity contribution in [3.05, 3.63) is 50.6 Å². The van der Waals surface area contributed by atoms with Gasteiger partial charge < -0.3 is 4.90 Å². The average molecular weight is 419 g/mol. The van der Waals surface area contributed by atoms with Gasteiger partial charge in [-0.05, 0) is 29.6 Å². The number of carbonyl (C=O) groups excluding carboxylic acids is 1. The average Bonchev–Trinajstić information content (AvgIpc) is 3.10. The quantitative estimate of drug-likeness (QED) is 0.765. The second-order valence-electron chi connectivity index (χ2n) is 5.62. The van der Waals surface area contributed by atoms with Crippen LogP contribution >= 0.6 is 34.5 Å². The minimum atomic E-state index is -3.73. The first-order valence-corrected chi connectivity index (χ1v) is 10.7. The third-order valence-electron chi connectivity index (χ3n) is 4.01. The minimum absolute atomic E-state index is 0.0000266. The molecule has 2 heterocycles. The number of halogens is 2. The molecule has 3 rings (SSSR count). The molecule has 1 amide bonds. The van der Waals surface area contributed by atoms with Crippen LogP contribution in [0.25, 0.3) is 0 Å². The number of benzene rings is 1. The van der Waals surface area contributed by atoms with Crippen molar-refractivity contribution in [3.8, 4) is 0 Å². The molecule has 1 aromatic carbocycles. The van der Waals surface area contributed by atoms with Crippen molar-refractivity contribution < 1.29 is 13.2 Å². The molecule has 5 nitrogen and oxygen atoms in total. The zero-order valence-electron chi connectivity index (χ0n) is 13.2. The first kappa shape index (κ1) is 18.7. The van der Waals surface area contributed by atoms with Crippen LogP contribution < -0.4 is 0 Å². The van der Waals surface area contributed by atoms with Gasteiger partial charge in [-0.3, -0.25) is 4.79 Å². The van der Waals surface area contributed by atoms with Crippen LogP contribution in [0.15, 0.2) is 40.6 Å². The number of piperazine rings is 1. The highest BCUT2D eigenvalue weighted by atomic mass is 35.5. The Hall–Kier alpha value is -1.12. The van der Waals surface area contributed by atoms with E-state index >= 15 is 0 Å². The fourth-order valence-corrected chi connectivity index (χ4v) is 5.52. The van der Waals surface area contributed by atoms with Gasteiger partial charge in [0.1, 0.15) is 4.90 Å². The Morgan fingerprint density at radius 2 is 1.84 bits per heavy atom. The summed E-state index contributed by atoms with van der Waals surface area (Å²) >= 11 is 13.5. The van der Waals surface area contributed by atoms with E-state index in [1.807, 2.05) is 17.5 Å². The zero-order valence-corrected chi connectivity index (χ0v) is 16.3. The van der Waals surface area contributed by atoms with Gasteiger partial charge in [0.15, 0.2) is 0 Å². The van der Waals surface area contributed by atoms with Crippen LogP contribution in [0.5, 0.6) is 0 Å². The van der Waals surface area contributed by atoms with Crippen LogP contribution in [0.3, 0.4) is 0 Å². The van der Waals surface area contributed by atoms with Gasteiger partial charge in [-0.1, -0.05) is 29.3 Å². The normalized spacial score (nSPS) is 16.2. The van der Waals surface area contributed by atoms with E-state index in [4.69, 9.17) is 23.2 Å². The monoisotopic (exact) mass is 418 g/mol. The third kappa shape index (κ3) is 4.17. The molecule has 1 aromatic heterocycles. The van der Waals surface area contributed by atoms with Gasteiger partial charge in [-0.15, -0.1) is 11.3 Å². The summed E-state index contributed by atoms with van der Waals surface area (Å²) in [6.07, 6.45) is 0.352. The van der Waals surface area contributed by atoms with Crippen molar-refractivity contribution in [1.29, 1.82) is 0 Å². The molecule has 9 heteroatoms. The van der Waals surface area contributed by atoms with Gasteiger partial charge in [-0.2, -0.15) is 4.31 Å². The summed E-state index contributed by atoms with van der Waals surface area (Å²) < 4.78 is 26.9. The Labute approximate surface area is 160 Å². The number of thiophene rings is 1. The SMILES string of the molecule is O=C(Cc1cccs1)N1CCN(S(=O)(=O)c2cc(Cl)ccc2Cl)CC1. The van der Waals surface area contributed by atoms with Gasteiger partial charge in [0.25, 0.3) is 0 Å². The molecular weight excluding hydrogens is 403 g/mol. The summed E-state index contributed by atoms with van der Waals surface area (Å²) in [6.45, 7) is 1.20. The number of rotatable bonds is 4. The van der Waals surface area contributed by atoms with Crippen molar-refractivity contribution in [2.75, 3.05) is 26.2 Å². The van der Waals surface area contributed by atoms with Crippen molar-refractivity contribution >= 4 is 50.5 Å². The summed E-state index contributed by atoms with van der Waals surface area (Å²) in [6, 6.07) is 8.20. The molecule has 1 saturated heterocycles. The molecule has 0 saturated carbocycles. The van der Waals surface area contributed by atoms with Gasteiger partial charge in [0.05, 0.1) is 11.4 Å². The lowest BCUT2D eigenvalue weighted by Crippen LogP contribution is -2.50. The fraction of sp³-hybridized carbons (Fsp3) is 0.312. The van der Waals surface area contributed by atoms with Crippen LogP contribution in [-0.2, 0) is 21.2 Å². The number of hydrogen-bond donors (Lipinski definition) is 0. The molecular formula is C16H16Cl2N2O3S2. The van der Waals surface area contributed by atoms with Crippen LogP contribution in [0.4, 0.5) is 0 Å². The van der Waals surface area contributed by atoms with E-state index in [0.29, 0.717) is 24.5 Å². The molecule has 0 unspecified atom stereocenters. The van der Waals surface area contributed by atoms with Crippen LogP contribution in [-0.4, -0.2) is 49.7 Å². The maximum atomic E-state index is 12.8. The Balaban J connectivity index is 1.67. The lowest BCUT2D eigenvalue weighted by molar-refractivity contribution is -0.131. The van der Waals surface area contributed by atoms with Crippen LogP contribution in [0.2, 0.25) is 10.0 Å². The van der Waals surface area contributed by atoms with E-state index in [1.165, 1.54) is 27.8 Å². The van der Waals surface area contributed by atoms with Gasteiger partial charge in [0, 0.05) is 36.1 Å². The zero-order chi connectivity index (χ0) is 18.0. The highest BCUT2D eigenvalue weighted by molar-refractivity contribution is 7.89. The fourth-order valence-electron chi connectivity index (χ4n) is 2.67. The molecule has 2 aromatic rings. The maximum Gasteiger partial charge on any atom is 0.244 e. The summed E-state index contributed by atoms with van der Waals surface area (Å²) in [5.74, 6) is 0.0142. The van der Waals surface area contributed by atoms with E-state index in [0.717, 1.165) is 4.88 Å². The molecule has 0 aliphatic carbocycles. The number of amides is 1. The smallest absolute Gasteiger partial charge is 0.244 e. The minimum Gasteiger partial charge on any atom is -0.340 e. The summed E-state index contributed by atoms with van der Waals surface area (Å²) in [5.41, 5.74) is 0. The molecule has 0 atom stereocenters. The van der Waals surface area contributed by atoms with E-state index < -0.39 is 10.0 Å². The maximum absolute atomic E-state index is 12.8. The largest absolute Gasteiger partial charge is 0.340 e. The second-order valence-corrected chi connectivity index (χ2v) is 9.40. The van der Waals surface area contributed by atoms with E-state index in [1.54, 1.807) is 11.0 Å². The molecule has 25 heavy (non-hydrogen) atoms. The summed E-state index contributed by atoms with van der Waals surface area (Å²) in [5, 5.41) is 2.38. The van der Waals surface area contributed by atoms with E-state index in [-0.39, 0.29) is 28.9 Å². The van der Waals surface area contributed by atoms with Gasteiger partial charge in [0.2, 0.25) is 15.9 Å². The highest BCUT2D eigenvalue weighted by Gasteiger charge is 2.31. The predicted molar refractivity (Wildman–Crippen MR) is 99.8 cm³/mol. The molecule has 0 spiro atoms. The molecule has 134 valence electrons. The number of hydrogen-bond acceptors (Lipinski definition) is 4. The number of carbonyl (C=O) groups is 1. The lowest BCUT2D eigenvalue weighted by atomic mass is 10.3. The summed E-state index contributed by atoms with van der Waals surface area (Å²) in [7, 11) is -3.73. The molecule has 0 bridgehead atoms. The second kappa shape index (κ2) is 7.63. The van der Waals surface area contributed by atoms with E-state index in [9.17, 15) is 13.2 Å². The van der Waals surface area contributed by atoms with E-state index in [2.05, 4.69) is 0 Å². The molecule has 1 aliphatic rings. The predicted octanol–water partition coefficient (Wildman–Crippen LogP) is 3.13. The number of nitrogens with zero attached hydrogens (tertiary/aromatic N) is 2. The lowest BCUT2D eigenvalue weighted by Gasteiger charge is -2.34. The van der Waals surface area contributed by atoms with Crippen molar-refractivity contribution in [2.45, 2.75) is 11.3 Å². The first-order chi connectivity index (χ1) is 11.9.